The summed E-state index contributed by atoms with van der Waals surface area (Å²) in [5.41, 5.74) is 0.871. The maximum Gasteiger partial charge on any atom is 0.277 e. The standard InChI is InChI=1S/C17H13FN2O2S/c1-11(15(21)12-7-3-2-4-8-12)23-17-20-19-16(22-17)13-9-5-6-10-14(13)18/h2-11H,1H3/t11-/m1/s1. The summed E-state index contributed by atoms with van der Waals surface area (Å²) in [4.78, 5) is 12.3. The number of carbonyl (C=O) groups excluding carboxylic acids is 1. The molecule has 2 aromatic carbocycles. The molecule has 0 aliphatic rings. The van der Waals surface area contributed by atoms with Crippen molar-refractivity contribution in [2.45, 2.75) is 17.4 Å². The Kier molecular flexibility index (Phi) is 4.52. The van der Waals surface area contributed by atoms with Crippen LogP contribution < -0.4 is 0 Å². The van der Waals surface area contributed by atoms with Crippen molar-refractivity contribution in [3.05, 3.63) is 66.0 Å². The third-order valence-corrected chi connectivity index (χ3v) is 4.15. The van der Waals surface area contributed by atoms with Gasteiger partial charge in [-0.05, 0) is 19.1 Å². The lowest BCUT2D eigenvalue weighted by Gasteiger charge is -2.06. The van der Waals surface area contributed by atoms with Gasteiger partial charge in [0, 0.05) is 5.56 Å². The Hall–Kier alpha value is -2.47. The molecule has 0 saturated carbocycles. The SMILES string of the molecule is C[C@@H](Sc1nnc(-c2ccccc2F)o1)C(=O)c1ccccc1. The van der Waals surface area contributed by atoms with Crippen molar-refractivity contribution in [2.75, 3.05) is 0 Å². The Bertz CT molecular complexity index is 820. The molecule has 1 atom stereocenters. The van der Waals surface area contributed by atoms with Gasteiger partial charge < -0.3 is 4.42 Å². The summed E-state index contributed by atoms with van der Waals surface area (Å²) < 4.78 is 19.2. The van der Waals surface area contributed by atoms with E-state index in [1.165, 1.54) is 6.07 Å². The first-order valence-electron chi connectivity index (χ1n) is 6.99. The van der Waals surface area contributed by atoms with Crippen LogP contribution in [0.25, 0.3) is 11.5 Å². The molecule has 116 valence electrons. The molecule has 0 unspecified atom stereocenters. The first-order valence-corrected chi connectivity index (χ1v) is 7.87. The maximum atomic E-state index is 13.7. The molecular weight excluding hydrogens is 315 g/mol. The Morgan fingerprint density at radius 1 is 1.09 bits per heavy atom. The van der Waals surface area contributed by atoms with Crippen LogP contribution in [0.4, 0.5) is 4.39 Å². The van der Waals surface area contributed by atoms with E-state index < -0.39 is 5.82 Å². The highest BCUT2D eigenvalue weighted by Crippen LogP contribution is 2.28. The molecule has 0 fully saturated rings. The van der Waals surface area contributed by atoms with E-state index >= 15 is 0 Å². The molecule has 0 saturated heterocycles. The van der Waals surface area contributed by atoms with Crippen LogP contribution in [-0.4, -0.2) is 21.2 Å². The molecule has 0 spiro atoms. The van der Waals surface area contributed by atoms with E-state index in [0.717, 1.165) is 11.8 Å². The van der Waals surface area contributed by atoms with Gasteiger partial charge in [-0.3, -0.25) is 4.79 Å². The number of ketones is 1. The van der Waals surface area contributed by atoms with Crippen molar-refractivity contribution in [3.8, 4) is 11.5 Å². The lowest BCUT2D eigenvalue weighted by atomic mass is 10.1. The average Bonchev–Trinajstić information content (AvgIpc) is 3.03. The molecule has 1 aromatic heterocycles. The van der Waals surface area contributed by atoms with E-state index in [4.69, 9.17) is 4.42 Å². The number of nitrogens with zero attached hydrogens (tertiary/aromatic N) is 2. The van der Waals surface area contributed by atoms with Gasteiger partial charge in [-0.2, -0.15) is 0 Å². The first kappa shape index (κ1) is 15.4. The third kappa shape index (κ3) is 3.48. The molecule has 6 heteroatoms. The van der Waals surface area contributed by atoms with E-state index in [1.807, 2.05) is 18.2 Å². The van der Waals surface area contributed by atoms with Crippen LogP contribution in [0.15, 0.2) is 64.2 Å². The number of hydrogen-bond acceptors (Lipinski definition) is 5. The largest absolute Gasteiger partial charge is 0.411 e. The number of rotatable bonds is 5. The maximum absolute atomic E-state index is 13.7. The lowest BCUT2D eigenvalue weighted by Crippen LogP contribution is -2.13. The zero-order chi connectivity index (χ0) is 16.2. The van der Waals surface area contributed by atoms with Gasteiger partial charge in [0.1, 0.15) is 5.82 Å². The molecule has 0 amide bonds. The molecule has 0 N–H and O–H groups in total. The predicted octanol–water partition coefficient (Wildman–Crippen LogP) is 4.24. The van der Waals surface area contributed by atoms with Crippen molar-refractivity contribution in [2.24, 2.45) is 0 Å². The second-order valence-electron chi connectivity index (χ2n) is 4.84. The van der Waals surface area contributed by atoms with Crippen LogP contribution in [0.1, 0.15) is 17.3 Å². The summed E-state index contributed by atoms with van der Waals surface area (Å²) in [6.07, 6.45) is 0. The summed E-state index contributed by atoms with van der Waals surface area (Å²) in [5, 5.41) is 7.57. The molecular formula is C17H13FN2O2S. The second kappa shape index (κ2) is 6.75. The van der Waals surface area contributed by atoms with Crippen LogP contribution in [-0.2, 0) is 0 Å². The van der Waals surface area contributed by atoms with Crippen molar-refractivity contribution >= 4 is 17.5 Å². The van der Waals surface area contributed by atoms with Gasteiger partial charge in [0.2, 0.25) is 0 Å². The minimum atomic E-state index is -0.430. The molecule has 3 rings (SSSR count). The fourth-order valence-corrected chi connectivity index (χ4v) is 2.80. The van der Waals surface area contributed by atoms with Crippen molar-refractivity contribution in [1.29, 1.82) is 0 Å². The number of hydrogen-bond donors (Lipinski definition) is 0. The van der Waals surface area contributed by atoms with E-state index in [0.29, 0.717) is 5.56 Å². The Morgan fingerprint density at radius 2 is 1.78 bits per heavy atom. The lowest BCUT2D eigenvalue weighted by molar-refractivity contribution is 0.0993. The van der Waals surface area contributed by atoms with Gasteiger partial charge in [0.05, 0.1) is 10.8 Å². The van der Waals surface area contributed by atoms with E-state index in [9.17, 15) is 9.18 Å². The number of aromatic nitrogens is 2. The number of halogens is 1. The van der Waals surface area contributed by atoms with Crippen LogP contribution in [0, 0.1) is 5.82 Å². The molecule has 23 heavy (non-hydrogen) atoms. The summed E-state index contributed by atoms with van der Waals surface area (Å²) in [6.45, 7) is 1.77. The monoisotopic (exact) mass is 328 g/mol. The van der Waals surface area contributed by atoms with Gasteiger partial charge in [-0.1, -0.05) is 54.2 Å². The highest BCUT2D eigenvalue weighted by molar-refractivity contribution is 8.00. The fourth-order valence-electron chi connectivity index (χ4n) is 2.04. The zero-order valence-corrected chi connectivity index (χ0v) is 13.1. The van der Waals surface area contributed by atoms with Gasteiger partial charge in [-0.25, -0.2) is 4.39 Å². The number of benzene rings is 2. The predicted molar refractivity (Wildman–Crippen MR) is 85.8 cm³/mol. The highest BCUT2D eigenvalue weighted by Gasteiger charge is 2.20. The highest BCUT2D eigenvalue weighted by atomic mass is 32.2. The van der Waals surface area contributed by atoms with E-state index in [1.54, 1.807) is 37.3 Å². The summed E-state index contributed by atoms with van der Waals surface area (Å²) in [5.74, 6) is -0.354. The normalized spacial score (nSPS) is 12.1. The van der Waals surface area contributed by atoms with Gasteiger partial charge in [-0.15, -0.1) is 10.2 Å². The van der Waals surface area contributed by atoms with Crippen LogP contribution >= 0.6 is 11.8 Å². The van der Waals surface area contributed by atoms with Crippen molar-refractivity contribution in [3.63, 3.8) is 0 Å². The van der Waals surface area contributed by atoms with Crippen molar-refractivity contribution in [1.82, 2.24) is 10.2 Å². The third-order valence-electron chi connectivity index (χ3n) is 3.22. The number of carbonyl (C=O) groups is 1. The van der Waals surface area contributed by atoms with Crippen LogP contribution in [0.5, 0.6) is 0 Å². The molecule has 0 aliphatic heterocycles. The van der Waals surface area contributed by atoms with Crippen LogP contribution in [0.3, 0.4) is 0 Å². The topological polar surface area (TPSA) is 56.0 Å². The van der Waals surface area contributed by atoms with Gasteiger partial charge in [0.15, 0.2) is 5.78 Å². The van der Waals surface area contributed by atoms with Crippen molar-refractivity contribution < 1.29 is 13.6 Å². The minimum Gasteiger partial charge on any atom is -0.411 e. The molecule has 1 heterocycles. The number of thioether (sulfide) groups is 1. The quantitative estimate of drug-likeness (QED) is 0.518. The molecule has 4 nitrogen and oxygen atoms in total. The number of Topliss-reactive ketones (excluding diaryl/α,β-unsaturated/α-hetero) is 1. The van der Waals surface area contributed by atoms with Crippen LogP contribution in [0.2, 0.25) is 0 Å². The Balaban J connectivity index is 1.74. The second-order valence-corrected chi connectivity index (χ2v) is 6.14. The van der Waals surface area contributed by atoms with E-state index in [-0.39, 0.29) is 27.7 Å². The van der Waals surface area contributed by atoms with Gasteiger partial charge in [0.25, 0.3) is 11.1 Å². The summed E-state index contributed by atoms with van der Waals surface area (Å²) in [7, 11) is 0. The minimum absolute atomic E-state index is 0.0266. The fraction of sp³-hybridized carbons (Fsp3) is 0.118. The Labute approximate surface area is 136 Å². The molecule has 3 aromatic rings. The smallest absolute Gasteiger partial charge is 0.277 e. The summed E-state index contributed by atoms with van der Waals surface area (Å²) >= 11 is 1.16. The molecule has 0 bridgehead atoms. The molecule has 0 radical (unpaired) electrons. The average molecular weight is 328 g/mol. The first-order chi connectivity index (χ1) is 11.1. The van der Waals surface area contributed by atoms with Gasteiger partial charge >= 0.3 is 0 Å². The zero-order valence-electron chi connectivity index (χ0n) is 12.3. The summed E-state index contributed by atoms with van der Waals surface area (Å²) in [6, 6.07) is 15.2. The van der Waals surface area contributed by atoms with E-state index in [2.05, 4.69) is 10.2 Å². The Morgan fingerprint density at radius 3 is 2.52 bits per heavy atom. The molecule has 0 aliphatic carbocycles.